The number of hydrogen-bond acceptors (Lipinski definition) is 10. The van der Waals surface area contributed by atoms with Gasteiger partial charge in [-0.25, -0.2) is 28.0 Å². The summed E-state index contributed by atoms with van der Waals surface area (Å²) in [5.41, 5.74) is 12.2. The Kier molecular flexibility index (Phi) is 10.9. The summed E-state index contributed by atoms with van der Waals surface area (Å²) in [5.74, 6) is -0.127. The molecule has 13 heteroatoms. The van der Waals surface area contributed by atoms with E-state index in [4.69, 9.17) is 15.7 Å². The fourth-order valence-electron chi connectivity index (χ4n) is 7.05. The quantitative estimate of drug-likeness (QED) is 0.0888. The zero-order valence-corrected chi connectivity index (χ0v) is 31.1. The molecule has 0 radical (unpaired) electrons. The van der Waals surface area contributed by atoms with E-state index in [2.05, 4.69) is 54.7 Å². The van der Waals surface area contributed by atoms with Crippen LogP contribution in [0.4, 0.5) is 26.1 Å². The molecule has 2 fully saturated rings. The molecule has 5 aromatic rings. The third-order valence-corrected chi connectivity index (χ3v) is 11.3. The number of nitrogens with one attached hydrogen (secondary N) is 2. The smallest absolute Gasteiger partial charge is 0.225 e. The van der Waals surface area contributed by atoms with Gasteiger partial charge in [-0.3, -0.25) is 4.90 Å². The Morgan fingerprint density at radius 1 is 0.962 bits per heavy atom. The highest BCUT2D eigenvalue weighted by Gasteiger charge is 2.25. The molecule has 0 unspecified atom stereocenters. The second-order valence-corrected chi connectivity index (χ2v) is 14.8. The Morgan fingerprint density at radius 3 is 2.36 bits per heavy atom. The van der Waals surface area contributed by atoms with Gasteiger partial charge in [0.25, 0.3) is 0 Å². The highest BCUT2D eigenvalue weighted by atomic mass is 32.2. The van der Waals surface area contributed by atoms with Gasteiger partial charge in [0.2, 0.25) is 5.95 Å². The normalized spacial score (nSPS) is 15.7. The standard InChI is InChI=1S/C40H46F2N10S/c1-5-49(4)53-48-36-11-10-35(41)37(38(36)42)27(3)34-24-45-39-33(34)20-30(21-44-39)31-22-46-40(47-23-31)52-18-16-51(17-19-52)26(2)25-50-14-12-29(13-15-50)28-6-8-32(43)9-7-28/h6-11,20-24,29,48H,2-3,5,12-19,25,43H2,1,4H3,(H,44,45). The van der Waals surface area contributed by atoms with Crippen LogP contribution in [-0.4, -0.2) is 93.4 Å². The molecule has 2 saturated heterocycles. The molecule has 2 aliphatic heterocycles. The molecule has 0 spiro atoms. The van der Waals surface area contributed by atoms with Gasteiger partial charge in [0.15, 0.2) is 5.82 Å². The Balaban J connectivity index is 0.960. The van der Waals surface area contributed by atoms with E-state index in [-0.39, 0.29) is 16.8 Å². The first kappa shape index (κ1) is 36.4. The van der Waals surface area contributed by atoms with Gasteiger partial charge in [0.1, 0.15) is 11.5 Å². The molecule has 0 aliphatic carbocycles. The van der Waals surface area contributed by atoms with Gasteiger partial charge in [0.05, 0.1) is 11.3 Å². The van der Waals surface area contributed by atoms with E-state index in [1.165, 1.54) is 29.8 Å². The molecular formula is C40H46F2N10S. The summed E-state index contributed by atoms with van der Waals surface area (Å²) in [6.07, 6.45) is 9.31. The van der Waals surface area contributed by atoms with E-state index in [0.717, 1.165) is 87.7 Å². The number of fused-ring (bicyclic) bond motifs is 1. The molecule has 0 atom stereocenters. The lowest BCUT2D eigenvalue weighted by molar-refractivity contribution is 0.201. The van der Waals surface area contributed by atoms with Gasteiger partial charge in [-0.2, -0.15) is 0 Å². The number of halogens is 2. The number of benzene rings is 2. The number of anilines is 3. The predicted molar refractivity (Wildman–Crippen MR) is 213 cm³/mol. The summed E-state index contributed by atoms with van der Waals surface area (Å²) in [6, 6.07) is 12.9. The summed E-state index contributed by atoms with van der Waals surface area (Å²) in [6.45, 7) is 17.6. The van der Waals surface area contributed by atoms with Crippen molar-refractivity contribution in [3.05, 3.63) is 114 Å². The van der Waals surface area contributed by atoms with Crippen molar-refractivity contribution in [1.82, 2.24) is 34.0 Å². The third-order valence-electron chi connectivity index (χ3n) is 10.4. The van der Waals surface area contributed by atoms with Crippen LogP contribution >= 0.6 is 12.1 Å². The molecule has 2 aromatic carbocycles. The van der Waals surface area contributed by atoms with Crippen LogP contribution in [0.5, 0.6) is 0 Å². The van der Waals surface area contributed by atoms with E-state index < -0.39 is 11.6 Å². The minimum Gasteiger partial charge on any atom is -0.399 e. The van der Waals surface area contributed by atoms with E-state index in [0.29, 0.717) is 28.5 Å². The molecule has 4 N–H and O–H groups in total. The number of pyridine rings is 1. The Morgan fingerprint density at radius 2 is 1.66 bits per heavy atom. The number of nitrogens with zero attached hydrogens (tertiary/aromatic N) is 7. The maximum Gasteiger partial charge on any atom is 0.225 e. The summed E-state index contributed by atoms with van der Waals surface area (Å²) < 4.78 is 35.6. The molecule has 53 heavy (non-hydrogen) atoms. The van der Waals surface area contributed by atoms with Crippen molar-refractivity contribution in [1.29, 1.82) is 0 Å². The second kappa shape index (κ2) is 15.9. The Hall–Kier alpha value is -4.98. The van der Waals surface area contributed by atoms with Gasteiger partial charge in [0, 0.05) is 110 Å². The number of nitrogens with two attached hydrogens (primary N) is 1. The maximum absolute atomic E-state index is 15.6. The summed E-state index contributed by atoms with van der Waals surface area (Å²) in [7, 11) is 1.88. The first-order valence-corrected chi connectivity index (χ1v) is 18.8. The van der Waals surface area contributed by atoms with E-state index in [1.807, 2.05) is 36.5 Å². The summed E-state index contributed by atoms with van der Waals surface area (Å²) in [5, 5.41) is 0.691. The van der Waals surface area contributed by atoms with Crippen molar-refractivity contribution in [2.45, 2.75) is 25.7 Å². The summed E-state index contributed by atoms with van der Waals surface area (Å²) >= 11 is 1.24. The number of H-pyrrole nitrogens is 1. The Bertz CT molecular complexity index is 2070. The predicted octanol–water partition coefficient (Wildman–Crippen LogP) is 7.38. The molecule has 0 saturated carbocycles. The maximum atomic E-state index is 15.6. The number of likely N-dealkylation sites (tertiary alicyclic amines) is 1. The lowest BCUT2D eigenvalue weighted by Gasteiger charge is -2.39. The minimum atomic E-state index is -0.703. The van der Waals surface area contributed by atoms with E-state index in [1.54, 1.807) is 24.8 Å². The van der Waals surface area contributed by atoms with Gasteiger partial charge in [-0.1, -0.05) is 32.2 Å². The average Bonchev–Trinajstić information content (AvgIpc) is 3.62. The van der Waals surface area contributed by atoms with Crippen LogP contribution in [0.2, 0.25) is 0 Å². The number of hydrogen-bond donors (Lipinski definition) is 3. The number of aromatic amines is 1. The van der Waals surface area contributed by atoms with Crippen molar-refractivity contribution in [2.75, 3.05) is 74.8 Å². The fraction of sp³-hybridized carbons (Fsp3) is 0.325. The van der Waals surface area contributed by atoms with Crippen molar-refractivity contribution in [3.8, 4) is 11.1 Å². The molecule has 2 aliphatic rings. The van der Waals surface area contributed by atoms with Crippen LogP contribution in [0.3, 0.4) is 0 Å². The number of piperazine rings is 1. The molecule has 3 aromatic heterocycles. The van der Waals surface area contributed by atoms with Crippen molar-refractivity contribution < 1.29 is 8.78 Å². The first-order valence-electron chi connectivity index (χ1n) is 18.0. The molecular weight excluding hydrogens is 691 g/mol. The topological polar surface area (TPSA) is 105 Å². The molecule has 7 rings (SSSR count). The van der Waals surface area contributed by atoms with Crippen LogP contribution in [0.1, 0.15) is 42.4 Å². The zero-order chi connectivity index (χ0) is 37.1. The third kappa shape index (κ3) is 8.02. The number of piperidine rings is 1. The lowest BCUT2D eigenvalue weighted by atomic mass is 9.89. The molecule has 0 bridgehead atoms. The summed E-state index contributed by atoms with van der Waals surface area (Å²) in [4.78, 5) is 24.2. The number of nitrogen functional groups attached to an aromatic ring is 1. The van der Waals surface area contributed by atoms with Gasteiger partial charge < -0.3 is 25.2 Å². The van der Waals surface area contributed by atoms with Gasteiger partial charge >= 0.3 is 0 Å². The van der Waals surface area contributed by atoms with Crippen LogP contribution in [0.25, 0.3) is 27.7 Å². The lowest BCUT2D eigenvalue weighted by Crippen LogP contribution is -2.48. The monoisotopic (exact) mass is 736 g/mol. The number of rotatable bonds is 12. The van der Waals surface area contributed by atoms with Crippen LogP contribution < -0.4 is 15.4 Å². The van der Waals surface area contributed by atoms with Crippen LogP contribution in [-0.2, 0) is 0 Å². The zero-order valence-electron chi connectivity index (χ0n) is 30.3. The highest BCUT2D eigenvalue weighted by molar-refractivity contribution is 7.98. The molecule has 10 nitrogen and oxygen atoms in total. The van der Waals surface area contributed by atoms with Crippen LogP contribution in [0.15, 0.2) is 86.1 Å². The van der Waals surface area contributed by atoms with Crippen molar-refractivity contribution in [3.63, 3.8) is 0 Å². The van der Waals surface area contributed by atoms with Gasteiger partial charge in [-0.15, -0.1) is 0 Å². The van der Waals surface area contributed by atoms with E-state index in [9.17, 15) is 0 Å². The minimum absolute atomic E-state index is 0.178. The van der Waals surface area contributed by atoms with Crippen molar-refractivity contribution >= 4 is 46.1 Å². The Labute approximate surface area is 314 Å². The van der Waals surface area contributed by atoms with Crippen LogP contribution in [0, 0.1) is 11.6 Å². The molecule has 5 heterocycles. The SMILES string of the molecule is C=C(c1c(F)ccc(NSN(C)CC)c1F)c1c[nH]c2ncc(-c3cnc(N4CCN(C(=C)CN5CCC(c6ccc(N)cc6)CC5)CC4)nc3)cc12. The van der Waals surface area contributed by atoms with Gasteiger partial charge in [-0.05, 0) is 80.4 Å². The number of aromatic nitrogens is 4. The second-order valence-electron chi connectivity index (χ2n) is 13.8. The molecule has 276 valence electrons. The van der Waals surface area contributed by atoms with Crippen molar-refractivity contribution in [2.24, 2.45) is 0 Å². The first-order chi connectivity index (χ1) is 25.7. The average molecular weight is 737 g/mol. The van der Waals surface area contributed by atoms with E-state index >= 15 is 8.78 Å². The molecule has 0 amide bonds. The largest absolute Gasteiger partial charge is 0.399 e. The fourth-order valence-corrected chi connectivity index (χ4v) is 7.59. The highest BCUT2D eigenvalue weighted by Crippen LogP contribution is 2.36.